The molecule has 150 valence electrons. The Labute approximate surface area is 169 Å². The summed E-state index contributed by atoms with van der Waals surface area (Å²) in [4.78, 5) is 21.8. The molecular formula is C22H25N5O2. The van der Waals surface area contributed by atoms with Crippen molar-refractivity contribution in [2.24, 2.45) is 0 Å². The van der Waals surface area contributed by atoms with Gasteiger partial charge in [-0.25, -0.2) is 9.50 Å². The smallest absolute Gasteiger partial charge is 0.253 e. The van der Waals surface area contributed by atoms with Crippen molar-refractivity contribution in [1.82, 2.24) is 19.5 Å². The van der Waals surface area contributed by atoms with Crippen LogP contribution in [0, 0.1) is 6.92 Å². The van der Waals surface area contributed by atoms with Crippen LogP contribution in [-0.4, -0.2) is 64.8 Å². The molecule has 0 bridgehead atoms. The molecule has 1 atom stereocenters. The molecule has 0 aliphatic carbocycles. The number of amides is 1. The Morgan fingerprint density at radius 3 is 2.83 bits per heavy atom. The Hall–Kier alpha value is -2.93. The van der Waals surface area contributed by atoms with Crippen LogP contribution in [0.4, 0.5) is 5.69 Å². The highest BCUT2D eigenvalue weighted by Gasteiger charge is 2.30. The summed E-state index contributed by atoms with van der Waals surface area (Å²) in [6.45, 7) is 6.72. The first kappa shape index (κ1) is 18.1. The van der Waals surface area contributed by atoms with E-state index < -0.39 is 0 Å². The third kappa shape index (κ3) is 3.58. The molecule has 2 saturated heterocycles. The predicted molar refractivity (Wildman–Crippen MR) is 110 cm³/mol. The van der Waals surface area contributed by atoms with Crippen LogP contribution in [0.15, 0.2) is 42.6 Å². The molecule has 0 spiro atoms. The summed E-state index contributed by atoms with van der Waals surface area (Å²) in [5.41, 5.74) is 3.84. The lowest BCUT2D eigenvalue weighted by molar-refractivity contribution is 0.0790. The Bertz CT molecular complexity index is 1040. The van der Waals surface area contributed by atoms with Crippen molar-refractivity contribution in [1.29, 1.82) is 0 Å². The van der Waals surface area contributed by atoms with Gasteiger partial charge in [-0.05, 0) is 37.6 Å². The van der Waals surface area contributed by atoms with Gasteiger partial charge >= 0.3 is 0 Å². The molecule has 2 fully saturated rings. The summed E-state index contributed by atoms with van der Waals surface area (Å²) in [7, 11) is 0. The number of hydrogen-bond acceptors (Lipinski definition) is 5. The second-order valence-electron chi connectivity index (χ2n) is 7.87. The number of aromatic nitrogens is 3. The lowest BCUT2D eigenvalue weighted by atomic mass is 10.1. The monoisotopic (exact) mass is 391 g/mol. The van der Waals surface area contributed by atoms with Crippen LogP contribution in [0.3, 0.4) is 0 Å². The molecule has 1 unspecified atom stereocenters. The van der Waals surface area contributed by atoms with Crippen molar-refractivity contribution < 1.29 is 9.53 Å². The van der Waals surface area contributed by atoms with Crippen LogP contribution < -0.4 is 4.90 Å². The van der Waals surface area contributed by atoms with Gasteiger partial charge in [0, 0.05) is 37.7 Å². The lowest BCUT2D eigenvalue weighted by Crippen LogP contribution is -2.36. The Kier molecular flexibility index (Phi) is 4.67. The average Bonchev–Trinajstić information content (AvgIpc) is 3.40. The molecule has 5 rings (SSSR count). The van der Waals surface area contributed by atoms with Gasteiger partial charge in [-0.15, -0.1) is 0 Å². The van der Waals surface area contributed by atoms with Crippen molar-refractivity contribution in [2.75, 3.05) is 44.3 Å². The van der Waals surface area contributed by atoms with Crippen LogP contribution in [0.1, 0.15) is 34.1 Å². The highest BCUT2D eigenvalue weighted by atomic mass is 16.5. The van der Waals surface area contributed by atoms with Gasteiger partial charge in [0.05, 0.1) is 25.1 Å². The second-order valence-corrected chi connectivity index (χ2v) is 7.87. The summed E-state index contributed by atoms with van der Waals surface area (Å²) in [6, 6.07) is 11.9. The number of rotatable bonds is 3. The van der Waals surface area contributed by atoms with Crippen LogP contribution in [0.25, 0.3) is 5.65 Å². The highest BCUT2D eigenvalue weighted by Crippen LogP contribution is 2.27. The van der Waals surface area contributed by atoms with Crippen LogP contribution in [0.5, 0.6) is 0 Å². The number of carbonyl (C=O) groups excluding carboxylic acids is 1. The molecule has 7 heteroatoms. The first-order chi connectivity index (χ1) is 14.2. The van der Waals surface area contributed by atoms with E-state index in [0.717, 1.165) is 67.6 Å². The van der Waals surface area contributed by atoms with E-state index in [-0.39, 0.29) is 11.8 Å². The van der Waals surface area contributed by atoms with E-state index in [1.165, 1.54) is 0 Å². The van der Waals surface area contributed by atoms with Gasteiger partial charge in [0.25, 0.3) is 5.91 Å². The van der Waals surface area contributed by atoms with E-state index in [9.17, 15) is 4.79 Å². The van der Waals surface area contributed by atoms with Crippen molar-refractivity contribution in [2.45, 2.75) is 19.3 Å². The molecular weight excluding hydrogens is 366 g/mol. The van der Waals surface area contributed by atoms with E-state index in [0.29, 0.717) is 6.54 Å². The first-order valence-electron chi connectivity index (χ1n) is 10.2. The van der Waals surface area contributed by atoms with Crippen molar-refractivity contribution in [3.63, 3.8) is 0 Å². The normalized spacial score (nSPS) is 19.8. The predicted octanol–water partition coefficient (Wildman–Crippen LogP) is 2.50. The zero-order valence-corrected chi connectivity index (χ0v) is 16.6. The summed E-state index contributed by atoms with van der Waals surface area (Å²) in [5, 5.41) is 4.74. The summed E-state index contributed by atoms with van der Waals surface area (Å²) < 4.78 is 7.31. The third-order valence-electron chi connectivity index (χ3n) is 5.81. The maximum absolute atomic E-state index is 12.8. The van der Waals surface area contributed by atoms with E-state index in [1.807, 2.05) is 52.9 Å². The van der Waals surface area contributed by atoms with E-state index >= 15 is 0 Å². The van der Waals surface area contributed by atoms with Crippen molar-refractivity contribution in [3.8, 4) is 0 Å². The molecule has 2 aliphatic rings. The SMILES string of the molecule is Cc1cccc(C(=O)N2CCC(c3nc4ccc(N5CCOCC5)cn4n3)C2)c1. The number of hydrogen-bond donors (Lipinski definition) is 0. The quantitative estimate of drug-likeness (QED) is 0.687. The van der Waals surface area contributed by atoms with Crippen LogP contribution in [-0.2, 0) is 4.74 Å². The molecule has 0 saturated carbocycles. The number of carbonyl (C=O) groups is 1. The fourth-order valence-electron chi connectivity index (χ4n) is 4.19. The maximum atomic E-state index is 12.8. The highest BCUT2D eigenvalue weighted by molar-refractivity contribution is 5.94. The summed E-state index contributed by atoms with van der Waals surface area (Å²) in [6.07, 6.45) is 2.94. The summed E-state index contributed by atoms with van der Waals surface area (Å²) in [5.74, 6) is 1.09. The molecule has 4 heterocycles. The van der Waals surface area contributed by atoms with E-state index in [1.54, 1.807) is 0 Å². The zero-order valence-electron chi connectivity index (χ0n) is 16.6. The molecule has 2 aliphatic heterocycles. The number of morpholine rings is 1. The number of aryl methyl sites for hydroxylation is 1. The molecule has 7 nitrogen and oxygen atoms in total. The van der Waals surface area contributed by atoms with Gasteiger partial charge in [0.1, 0.15) is 0 Å². The maximum Gasteiger partial charge on any atom is 0.253 e. The Balaban J connectivity index is 1.32. The topological polar surface area (TPSA) is 63.0 Å². The minimum Gasteiger partial charge on any atom is -0.378 e. The molecule has 0 radical (unpaired) electrons. The summed E-state index contributed by atoms with van der Waals surface area (Å²) >= 11 is 0. The Morgan fingerprint density at radius 1 is 1.14 bits per heavy atom. The number of ether oxygens (including phenoxy) is 1. The van der Waals surface area contributed by atoms with E-state index in [2.05, 4.69) is 11.0 Å². The fourth-order valence-corrected chi connectivity index (χ4v) is 4.19. The molecule has 29 heavy (non-hydrogen) atoms. The van der Waals surface area contributed by atoms with Crippen molar-refractivity contribution >= 4 is 17.2 Å². The number of pyridine rings is 1. The standard InChI is InChI=1S/C22H25N5O2/c1-16-3-2-4-17(13-16)22(28)26-8-7-18(14-26)21-23-20-6-5-19(15-27(20)24-21)25-9-11-29-12-10-25/h2-6,13,15,18H,7-12,14H2,1H3. The molecule has 2 aromatic heterocycles. The molecule has 1 amide bonds. The van der Waals surface area contributed by atoms with Crippen LogP contribution in [0.2, 0.25) is 0 Å². The van der Waals surface area contributed by atoms with Crippen molar-refractivity contribution in [3.05, 3.63) is 59.5 Å². The zero-order chi connectivity index (χ0) is 19.8. The molecule has 1 aromatic carbocycles. The van der Waals surface area contributed by atoms with Crippen LogP contribution >= 0.6 is 0 Å². The number of nitrogens with zero attached hydrogens (tertiary/aromatic N) is 5. The fraction of sp³-hybridized carbons (Fsp3) is 0.409. The van der Waals surface area contributed by atoms with Gasteiger partial charge in [-0.1, -0.05) is 17.7 Å². The first-order valence-corrected chi connectivity index (χ1v) is 10.2. The number of benzene rings is 1. The van der Waals surface area contributed by atoms with Gasteiger partial charge < -0.3 is 14.5 Å². The lowest BCUT2D eigenvalue weighted by Gasteiger charge is -2.28. The van der Waals surface area contributed by atoms with Gasteiger partial charge in [0.15, 0.2) is 11.5 Å². The molecule has 0 N–H and O–H groups in total. The van der Waals surface area contributed by atoms with Gasteiger partial charge in [0.2, 0.25) is 0 Å². The number of anilines is 1. The minimum absolute atomic E-state index is 0.0922. The average molecular weight is 391 g/mol. The molecule has 3 aromatic rings. The third-order valence-corrected chi connectivity index (χ3v) is 5.81. The number of fused-ring (bicyclic) bond motifs is 1. The van der Waals surface area contributed by atoms with E-state index in [4.69, 9.17) is 14.8 Å². The largest absolute Gasteiger partial charge is 0.378 e. The number of likely N-dealkylation sites (tertiary alicyclic amines) is 1. The Morgan fingerprint density at radius 2 is 2.00 bits per heavy atom. The second kappa shape index (κ2) is 7.48. The van der Waals surface area contributed by atoms with Gasteiger partial charge in [-0.3, -0.25) is 4.79 Å². The van der Waals surface area contributed by atoms with Gasteiger partial charge in [-0.2, -0.15) is 5.10 Å². The minimum atomic E-state index is 0.0922.